The monoisotopic (exact) mass is 316 g/mol. The Morgan fingerprint density at radius 1 is 0.913 bits per heavy atom. The van der Waals surface area contributed by atoms with Crippen LogP contribution in [0.4, 0.5) is 13.2 Å². The highest BCUT2D eigenvalue weighted by Gasteiger charge is 2.33. The Labute approximate surface area is 132 Å². The average Bonchev–Trinajstić information content (AvgIpc) is 2.85. The second-order valence-electron chi connectivity index (χ2n) is 5.43. The van der Waals surface area contributed by atoms with Crippen molar-refractivity contribution >= 4 is 0 Å². The fraction of sp³-hybridized carbons (Fsp3) is 0.167. The Morgan fingerprint density at radius 3 is 2.30 bits per heavy atom. The van der Waals surface area contributed by atoms with Gasteiger partial charge in [0.05, 0.1) is 16.9 Å². The highest BCUT2D eigenvalue weighted by Crippen LogP contribution is 2.37. The summed E-state index contributed by atoms with van der Waals surface area (Å²) < 4.78 is 41.4. The molecule has 1 aromatic heterocycles. The Kier molecular flexibility index (Phi) is 3.72. The Bertz CT molecular complexity index is 847. The van der Waals surface area contributed by atoms with E-state index >= 15 is 0 Å². The summed E-state index contributed by atoms with van der Waals surface area (Å²) in [5, 5.41) is 4.38. The first-order valence-electron chi connectivity index (χ1n) is 7.16. The van der Waals surface area contributed by atoms with Crippen LogP contribution in [0.25, 0.3) is 16.8 Å². The minimum absolute atomic E-state index is 0.170. The van der Waals surface area contributed by atoms with Crippen molar-refractivity contribution in [3.05, 3.63) is 71.5 Å². The summed E-state index contributed by atoms with van der Waals surface area (Å²) in [5.74, 6) is 0. The Hall–Kier alpha value is -2.56. The molecule has 0 bridgehead atoms. The molecule has 0 amide bonds. The van der Waals surface area contributed by atoms with Gasteiger partial charge in [0.15, 0.2) is 0 Å². The van der Waals surface area contributed by atoms with Crippen LogP contribution >= 0.6 is 0 Å². The maximum absolute atomic E-state index is 13.2. The summed E-state index contributed by atoms with van der Waals surface area (Å²) in [6, 6.07) is 14.5. The molecule has 0 unspecified atom stereocenters. The fourth-order valence-corrected chi connectivity index (χ4v) is 2.68. The summed E-state index contributed by atoms with van der Waals surface area (Å²) >= 11 is 0. The van der Waals surface area contributed by atoms with E-state index < -0.39 is 11.7 Å². The number of hydrogen-bond donors (Lipinski definition) is 0. The van der Waals surface area contributed by atoms with Gasteiger partial charge in [0.25, 0.3) is 0 Å². The van der Waals surface area contributed by atoms with Crippen molar-refractivity contribution in [3.8, 4) is 16.8 Å². The van der Waals surface area contributed by atoms with Crippen LogP contribution in [0.2, 0.25) is 0 Å². The minimum Gasteiger partial charge on any atom is -0.238 e. The summed E-state index contributed by atoms with van der Waals surface area (Å²) in [5.41, 5.74) is 2.59. The number of aryl methyl sites for hydroxylation is 2. The standard InChI is InChI=1S/C18H15F3N2/c1-12-10-13(2)23(22-12)15-7-5-6-14(11-15)16-8-3-4-9-17(16)18(19,20)21/h3-11H,1-2H3. The zero-order valence-electron chi connectivity index (χ0n) is 12.7. The quantitative estimate of drug-likeness (QED) is 0.637. The third kappa shape index (κ3) is 2.99. The lowest BCUT2D eigenvalue weighted by Gasteiger charge is -2.14. The molecule has 0 fully saturated rings. The molecule has 2 aromatic carbocycles. The molecule has 5 heteroatoms. The SMILES string of the molecule is Cc1cc(C)n(-c2cccc(-c3ccccc3C(F)(F)F)c2)n1. The lowest BCUT2D eigenvalue weighted by molar-refractivity contribution is -0.137. The first kappa shape index (κ1) is 15.3. The number of halogens is 3. The van der Waals surface area contributed by atoms with Crippen LogP contribution in [0.3, 0.4) is 0 Å². The summed E-state index contributed by atoms with van der Waals surface area (Å²) in [4.78, 5) is 0. The molecular weight excluding hydrogens is 301 g/mol. The fourth-order valence-electron chi connectivity index (χ4n) is 2.68. The molecule has 0 radical (unpaired) electrons. The van der Waals surface area contributed by atoms with Crippen LogP contribution in [-0.2, 0) is 6.18 Å². The number of aromatic nitrogens is 2. The highest BCUT2D eigenvalue weighted by molar-refractivity contribution is 5.70. The normalized spacial score (nSPS) is 11.7. The molecule has 118 valence electrons. The van der Waals surface area contributed by atoms with Gasteiger partial charge in [-0.2, -0.15) is 18.3 Å². The molecule has 0 spiro atoms. The second kappa shape index (κ2) is 5.57. The van der Waals surface area contributed by atoms with Crippen LogP contribution in [0, 0.1) is 13.8 Å². The van der Waals surface area contributed by atoms with Crippen LogP contribution in [0.1, 0.15) is 17.0 Å². The first-order chi connectivity index (χ1) is 10.9. The van der Waals surface area contributed by atoms with Crippen LogP contribution in [0.5, 0.6) is 0 Å². The number of hydrogen-bond acceptors (Lipinski definition) is 1. The molecule has 0 aliphatic heterocycles. The van der Waals surface area contributed by atoms with E-state index in [-0.39, 0.29) is 5.56 Å². The van der Waals surface area contributed by atoms with Crippen molar-refractivity contribution in [2.75, 3.05) is 0 Å². The van der Waals surface area contributed by atoms with Crippen molar-refractivity contribution in [3.63, 3.8) is 0 Å². The lowest BCUT2D eigenvalue weighted by atomic mass is 9.99. The van der Waals surface area contributed by atoms with Crippen molar-refractivity contribution in [1.29, 1.82) is 0 Å². The maximum atomic E-state index is 13.2. The molecule has 0 saturated heterocycles. The molecular formula is C18H15F3N2. The number of alkyl halides is 3. The second-order valence-corrected chi connectivity index (χ2v) is 5.43. The zero-order valence-corrected chi connectivity index (χ0v) is 12.7. The van der Waals surface area contributed by atoms with Crippen LogP contribution < -0.4 is 0 Å². The Balaban J connectivity index is 2.13. The van der Waals surface area contributed by atoms with E-state index in [1.165, 1.54) is 12.1 Å². The van der Waals surface area contributed by atoms with Gasteiger partial charge in [-0.3, -0.25) is 0 Å². The summed E-state index contributed by atoms with van der Waals surface area (Å²) in [6.45, 7) is 3.79. The van der Waals surface area contributed by atoms with Crippen molar-refractivity contribution < 1.29 is 13.2 Å². The highest BCUT2D eigenvalue weighted by atomic mass is 19.4. The molecule has 2 nitrogen and oxygen atoms in total. The van der Waals surface area contributed by atoms with E-state index in [9.17, 15) is 13.2 Å². The number of nitrogens with zero attached hydrogens (tertiary/aromatic N) is 2. The van der Waals surface area contributed by atoms with E-state index in [2.05, 4.69) is 5.10 Å². The largest absolute Gasteiger partial charge is 0.417 e. The molecule has 23 heavy (non-hydrogen) atoms. The number of rotatable bonds is 2. The maximum Gasteiger partial charge on any atom is 0.417 e. The lowest BCUT2D eigenvalue weighted by Crippen LogP contribution is -2.07. The average molecular weight is 316 g/mol. The molecule has 0 aliphatic rings. The van der Waals surface area contributed by atoms with Gasteiger partial charge < -0.3 is 0 Å². The first-order valence-corrected chi connectivity index (χ1v) is 7.16. The van der Waals surface area contributed by atoms with Crippen LogP contribution in [0.15, 0.2) is 54.6 Å². The molecule has 0 saturated carbocycles. The third-order valence-electron chi connectivity index (χ3n) is 3.64. The molecule has 0 atom stereocenters. The van der Waals surface area contributed by atoms with Gasteiger partial charge in [0, 0.05) is 5.69 Å². The summed E-state index contributed by atoms with van der Waals surface area (Å²) in [6.07, 6.45) is -4.38. The van der Waals surface area contributed by atoms with Gasteiger partial charge >= 0.3 is 6.18 Å². The molecule has 3 rings (SSSR count). The van der Waals surface area contributed by atoms with E-state index in [1.54, 1.807) is 28.9 Å². The molecule has 0 N–H and O–H groups in total. The van der Waals surface area contributed by atoms with E-state index in [1.807, 2.05) is 26.0 Å². The van der Waals surface area contributed by atoms with Gasteiger partial charge in [-0.1, -0.05) is 30.3 Å². The van der Waals surface area contributed by atoms with Gasteiger partial charge in [0.1, 0.15) is 0 Å². The van der Waals surface area contributed by atoms with E-state index in [4.69, 9.17) is 0 Å². The Morgan fingerprint density at radius 2 is 1.65 bits per heavy atom. The van der Waals surface area contributed by atoms with Crippen molar-refractivity contribution in [1.82, 2.24) is 9.78 Å². The van der Waals surface area contributed by atoms with Gasteiger partial charge in [0.2, 0.25) is 0 Å². The third-order valence-corrected chi connectivity index (χ3v) is 3.64. The van der Waals surface area contributed by atoms with Gasteiger partial charge in [-0.05, 0) is 49.2 Å². The zero-order chi connectivity index (χ0) is 16.6. The number of benzene rings is 2. The predicted molar refractivity (Wildman–Crippen MR) is 83.5 cm³/mol. The van der Waals surface area contributed by atoms with E-state index in [0.29, 0.717) is 5.56 Å². The van der Waals surface area contributed by atoms with E-state index in [0.717, 1.165) is 23.1 Å². The van der Waals surface area contributed by atoms with Crippen molar-refractivity contribution in [2.45, 2.75) is 20.0 Å². The van der Waals surface area contributed by atoms with Crippen LogP contribution in [-0.4, -0.2) is 9.78 Å². The smallest absolute Gasteiger partial charge is 0.238 e. The molecule has 1 heterocycles. The summed E-state index contributed by atoms with van der Waals surface area (Å²) in [7, 11) is 0. The minimum atomic E-state index is -4.38. The van der Waals surface area contributed by atoms with Crippen molar-refractivity contribution in [2.24, 2.45) is 0 Å². The van der Waals surface area contributed by atoms with Gasteiger partial charge in [-0.25, -0.2) is 4.68 Å². The topological polar surface area (TPSA) is 17.8 Å². The predicted octanol–water partition coefficient (Wildman–Crippen LogP) is 5.17. The molecule has 3 aromatic rings. The van der Waals surface area contributed by atoms with Gasteiger partial charge in [-0.15, -0.1) is 0 Å². The molecule has 0 aliphatic carbocycles.